The molecule has 0 N–H and O–H groups in total. The van der Waals surface area contributed by atoms with Crippen molar-refractivity contribution < 1.29 is 19.1 Å². The van der Waals surface area contributed by atoms with E-state index in [1.165, 1.54) is 0 Å². The van der Waals surface area contributed by atoms with Gasteiger partial charge in [-0.25, -0.2) is 4.90 Å². The molecular weight excluding hydrogens is 366 g/mol. The minimum absolute atomic E-state index is 0.0354. The molecule has 0 saturated carbocycles. The van der Waals surface area contributed by atoms with Gasteiger partial charge >= 0.3 is 0 Å². The largest absolute Gasteiger partial charge is 0.494 e. The van der Waals surface area contributed by atoms with Gasteiger partial charge in [0.25, 0.3) is 11.8 Å². The zero-order valence-electron chi connectivity index (χ0n) is 15.4. The number of hydrogen-bond donors (Lipinski definition) is 0. The minimum atomic E-state index is -0.539. The maximum Gasteiger partial charge on any atom is 0.277 e. The van der Waals surface area contributed by atoms with Crippen LogP contribution < -0.4 is 14.4 Å². The first-order valence-electron chi connectivity index (χ1n) is 8.71. The third-order valence-electron chi connectivity index (χ3n) is 3.95. The summed E-state index contributed by atoms with van der Waals surface area (Å²) in [4.78, 5) is 26.6. The summed E-state index contributed by atoms with van der Waals surface area (Å²) in [6.07, 6.45) is 0.0354. The van der Waals surface area contributed by atoms with Gasteiger partial charge in [-0.3, -0.25) is 9.59 Å². The molecule has 0 spiro atoms. The fourth-order valence-electron chi connectivity index (χ4n) is 2.82. The maximum absolute atomic E-state index is 12.9. The summed E-state index contributed by atoms with van der Waals surface area (Å²) in [7, 11) is 0. The van der Waals surface area contributed by atoms with Crippen molar-refractivity contribution in [1.82, 2.24) is 0 Å². The third-order valence-corrected chi connectivity index (χ3v) is 4.30. The molecule has 2 aromatic carbocycles. The van der Waals surface area contributed by atoms with Crippen LogP contribution in [0.5, 0.6) is 11.5 Å². The Hall–Kier alpha value is -2.79. The average molecular weight is 386 g/mol. The van der Waals surface area contributed by atoms with Crippen LogP contribution in [0.3, 0.4) is 0 Å². The number of anilines is 1. The van der Waals surface area contributed by atoms with Gasteiger partial charge < -0.3 is 9.47 Å². The number of benzene rings is 2. The Morgan fingerprint density at radius 3 is 2.07 bits per heavy atom. The lowest BCUT2D eigenvalue weighted by Gasteiger charge is -2.16. The van der Waals surface area contributed by atoms with E-state index in [0.29, 0.717) is 29.4 Å². The topological polar surface area (TPSA) is 55.8 Å². The maximum atomic E-state index is 12.9. The standard InChI is InChI=1S/C21H20ClNO4/c1-4-26-16-9-5-14(6-10-16)18-19(22)21(25)23(20(18)24)15-7-11-17(12-8-15)27-13(2)3/h5-13H,4H2,1-3H3. The number of carbonyl (C=O) groups excluding carboxylic acids is 2. The van der Waals surface area contributed by atoms with E-state index in [-0.39, 0.29) is 16.7 Å². The van der Waals surface area contributed by atoms with Crippen molar-refractivity contribution in [2.75, 3.05) is 11.5 Å². The highest BCUT2D eigenvalue weighted by Gasteiger charge is 2.39. The van der Waals surface area contributed by atoms with Crippen molar-refractivity contribution in [3.05, 3.63) is 59.1 Å². The minimum Gasteiger partial charge on any atom is -0.494 e. The summed E-state index contributed by atoms with van der Waals surface area (Å²) < 4.78 is 11.0. The van der Waals surface area contributed by atoms with Crippen LogP contribution in [0.1, 0.15) is 26.3 Å². The van der Waals surface area contributed by atoms with E-state index in [9.17, 15) is 9.59 Å². The van der Waals surface area contributed by atoms with E-state index >= 15 is 0 Å². The normalized spacial score (nSPS) is 14.3. The van der Waals surface area contributed by atoms with Crippen molar-refractivity contribution in [2.45, 2.75) is 26.9 Å². The molecule has 0 radical (unpaired) electrons. The molecule has 0 aromatic heterocycles. The first-order chi connectivity index (χ1) is 12.9. The monoisotopic (exact) mass is 385 g/mol. The van der Waals surface area contributed by atoms with Gasteiger partial charge in [0.05, 0.1) is 24.0 Å². The van der Waals surface area contributed by atoms with Crippen LogP contribution in [-0.2, 0) is 9.59 Å². The summed E-state index contributed by atoms with van der Waals surface area (Å²) >= 11 is 6.22. The quantitative estimate of drug-likeness (QED) is 0.692. The number of nitrogens with zero attached hydrogens (tertiary/aromatic N) is 1. The summed E-state index contributed by atoms with van der Waals surface area (Å²) in [5.41, 5.74) is 1.21. The molecule has 27 heavy (non-hydrogen) atoms. The SMILES string of the molecule is CCOc1ccc(C2=C(Cl)C(=O)N(c3ccc(OC(C)C)cc3)C2=O)cc1. The van der Waals surface area contributed by atoms with Gasteiger partial charge in [-0.2, -0.15) is 0 Å². The molecule has 2 amide bonds. The summed E-state index contributed by atoms with van der Waals surface area (Å²) in [6.45, 7) is 6.29. The van der Waals surface area contributed by atoms with Gasteiger partial charge in [0.15, 0.2) is 0 Å². The molecular formula is C21H20ClNO4. The Bertz CT molecular complexity index is 885. The number of ether oxygens (including phenoxy) is 2. The Morgan fingerprint density at radius 2 is 1.52 bits per heavy atom. The number of carbonyl (C=O) groups is 2. The Balaban J connectivity index is 1.87. The number of hydrogen-bond acceptors (Lipinski definition) is 4. The lowest BCUT2D eigenvalue weighted by molar-refractivity contribution is -0.119. The highest BCUT2D eigenvalue weighted by Crippen LogP contribution is 2.35. The molecule has 0 unspecified atom stereocenters. The fourth-order valence-corrected chi connectivity index (χ4v) is 3.09. The number of rotatable bonds is 6. The van der Waals surface area contributed by atoms with Crippen LogP contribution in [0.25, 0.3) is 5.57 Å². The molecule has 0 fully saturated rings. The number of imide groups is 1. The van der Waals surface area contributed by atoms with Gasteiger partial charge in [-0.1, -0.05) is 23.7 Å². The second-order valence-electron chi connectivity index (χ2n) is 6.25. The van der Waals surface area contributed by atoms with Crippen LogP contribution in [0, 0.1) is 0 Å². The second-order valence-corrected chi connectivity index (χ2v) is 6.63. The van der Waals surface area contributed by atoms with Crippen LogP contribution in [0.2, 0.25) is 0 Å². The molecule has 2 aromatic rings. The molecule has 140 valence electrons. The first-order valence-corrected chi connectivity index (χ1v) is 9.08. The van der Waals surface area contributed by atoms with Gasteiger partial charge in [0.2, 0.25) is 0 Å². The van der Waals surface area contributed by atoms with E-state index in [0.717, 1.165) is 4.90 Å². The van der Waals surface area contributed by atoms with Crippen molar-refractivity contribution in [2.24, 2.45) is 0 Å². The van der Waals surface area contributed by atoms with Crippen molar-refractivity contribution >= 4 is 34.7 Å². The van der Waals surface area contributed by atoms with Crippen LogP contribution in [-0.4, -0.2) is 24.5 Å². The van der Waals surface area contributed by atoms with Gasteiger partial charge in [-0.15, -0.1) is 0 Å². The Labute approximate surface area is 163 Å². The molecule has 1 heterocycles. The highest BCUT2D eigenvalue weighted by molar-refractivity contribution is 6.60. The Kier molecular flexibility index (Phi) is 5.51. The average Bonchev–Trinajstić information content (AvgIpc) is 2.86. The third kappa shape index (κ3) is 3.83. The lowest BCUT2D eigenvalue weighted by atomic mass is 10.1. The molecule has 1 aliphatic rings. The predicted molar refractivity (Wildman–Crippen MR) is 105 cm³/mol. The smallest absolute Gasteiger partial charge is 0.277 e. The molecule has 0 bridgehead atoms. The van der Waals surface area contributed by atoms with Gasteiger partial charge in [-0.05, 0) is 62.7 Å². The van der Waals surface area contributed by atoms with E-state index in [1.807, 2.05) is 20.8 Å². The Morgan fingerprint density at radius 1 is 0.926 bits per heavy atom. The van der Waals surface area contributed by atoms with E-state index in [2.05, 4.69) is 0 Å². The van der Waals surface area contributed by atoms with Crippen molar-refractivity contribution in [1.29, 1.82) is 0 Å². The van der Waals surface area contributed by atoms with E-state index in [1.54, 1.807) is 48.5 Å². The molecule has 6 heteroatoms. The molecule has 0 aliphatic carbocycles. The van der Waals surface area contributed by atoms with Gasteiger partial charge in [0.1, 0.15) is 16.5 Å². The first kappa shape index (κ1) is 19.0. The second kappa shape index (κ2) is 7.84. The lowest BCUT2D eigenvalue weighted by Crippen LogP contribution is -2.31. The predicted octanol–water partition coefficient (Wildman–Crippen LogP) is 4.40. The molecule has 5 nitrogen and oxygen atoms in total. The highest BCUT2D eigenvalue weighted by atomic mass is 35.5. The molecule has 1 aliphatic heterocycles. The summed E-state index contributed by atoms with van der Waals surface area (Å²) in [5, 5.41) is -0.0910. The number of amides is 2. The zero-order valence-corrected chi connectivity index (χ0v) is 16.1. The molecule has 3 rings (SSSR count). The van der Waals surface area contributed by atoms with Crippen molar-refractivity contribution in [3.8, 4) is 11.5 Å². The summed E-state index contributed by atoms with van der Waals surface area (Å²) in [5.74, 6) is 0.362. The van der Waals surface area contributed by atoms with Crippen LogP contribution in [0.15, 0.2) is 53.6 Å². The van der Waals surface area contributed by atoms with E-state index < -0.39 is 11.8 Å². The van der Waals surface area contributed by atoms with Crippen molar-refractivity contribution in [3.63, 3.8) is 0 Å². The van der Waals surface area contributed by atoms with Crippen LogP contribution in [0.4, 0.5) is 5.69 Å². The van der Waals surface area contributed by atoms with Crippen LogP contribution >= 0.6 is 11.6 Å². The van der Waals surface area contributed by atoms with Gasteiger partial charge in [0, 0.05) is 0 Å². The number of halogens is 1. The fraction of sp³-hybridized carbons (Fsp3) is 0.238. The molecule has 0 saturated heterocycles. The van der Waals surface area contributed by atoms with E-state index in [4.69, 9.17) is 21.1 Å². The summed E-state index contributed by atoms with van der Waals surface area (Å²) in [6, 6.07) is 13.7. The zero-order chi connectivity index (χ0) is 19.6. The molecule has 0 atom stereocenters.